The molecule has 0 aromatic heterocycles. The minimum atomic E-state index is 0.131. The summed E-state index contributed by atoms with van der Waals surface area (Å²) in [6.45, 7) is 0.576. The largest absolute Gasteiger partial charge is 0.349 e. The molecule has 3 N–H and O–H groups in total. The van der Waals surface area contributed by atoms with E-state index in [2.05, 4.69) is 17.4 Å². The lowest BCUT2D eigenvalue weighted by atomic mass is 9.91. The molecule has 3 heteroatoms. The van der Waals surface area contributed by atoms with E-state index in [-0.39, 0.29) is 11.9 Å². The third-order valence-electron chi connectivity index (χ3n) is 3.95. The molecule has 0 bridgehead atoms. The van der Waals surface area contributed by atoms with E-state index < -0.39 is 0 Å². The molecular weight excluding hydrogens is 236 g/mol. The Morgan fingerprint density at radius 3 is 2.58 bits per heavy atom. The highest BCUT2D eigenvalue weighted by Gasteiger charge is 2.27. The predicted molar refractivity (Wildman–Crippen MR) is 77.6 cm³/mol. The zero-order chi connectivity index (χ0) is 13.5. The minimum Gasteiger partial charge on any atom is -0.349 e. The Hall–Kier alpha value is -1.35. The molecule has 1 saturated carbocycles. The van der Waals surface area contributed by atoms with Crippen molar-refractivity contribution in [2.45, 2.75) is 44.6 Å². The number of carbonyl (C=O) groups is 1. The van der Waals surface area contributed by atoms with Gasteiger partial charge in [0.15, 0.2) is 0 Å². The van der Waals surface area contributed by atoms with Gasteiger partial charge in [-0.15, -0.1) is 0 Å². The van der Waals surface area contributed by atoms with Crippen molar-refractivity contribution in [1.82, 2.24) is 5.32 Å². The molecule has 3 nitrogen and oxygen atoms in total. The number of amides is 1. The fourth-order valence-electron chi connectivity index (χ4n) is 2.93. The lowest BCUT2D eigenvalue weighted by molar-refractivity contribution is -0.122. The van der Waals surface area contributed by atoms with Crippen LogP contribution in [-0.2, 0) is 4.79 Å². The van der Waals surface area contributed by atoms with Crippen LogP contribution in [-0.4, -0.2) is 12.5 Å². The van der Waals surface area contributed by atoms with Crippen molar-refractivity contribution in [2.24, 2.45) is 11.7 Å². The molecule has 1 aromatic carbocycles. The van der Waals surface area contributed by atoms with E-state index in [1.165, 1.54) is 31.2 Å². The van der Waals surface area contributed by atoms with Gasteiger partial charge in [0.05, 0.1) is 6.04 Å². The first kappa shape index (κ1) is 14.1. The minimum absolute atomic E-state index is 0.131. The highest BCUT2D eigenvalue weighted by molar-refractivity contribution is 5.76. The number of carbonyl (C=O) groups excluding carboxylic acids is 1. The van der Waals surface area contributed by atoms with Gasteiger partial charge in [0.2, 0.25) is 5.91 Å². The first-order chi connectivity index (χ1) is 9.31. The summed E-state index contributed by atoms with van der Waals surface area (Å²) in [5.41, 5.74) is 6.69. The van der Waals surface area contributed by atoms with Crippen LogP contribution < -0.4 is 11.1 Å². The Morgan fingerprint density at radius 1 is 1.26 bits per heavy atom. The zero-order valence-electron chi connectivity index (χ0n) is 11.5. The fraction of sp³-hybridized carbons (Fsp3) is 0.562. The van der Waals surface area contributed by atoms with Crippen molar-refractivity contribution in [3.8, 4) is 0 Å². The molecular formula is C16H24N2O. The molecule has 1 atom stereocenters. The van der Waals surface area contributed by atoms with Gasteiger partial charge >= 0.3 is 0 Å². The SMILES string of the molecule is NCCCC(=O)NC(c1ccccc1)C1CCCC1. The van der Waals surface area contributed by atoms with Crippen LogP contribution in [0.25, 0.3) is 0 Å². The number of hydrogen-bond donors (Lipinski definition) is 2. The number of rotatable bonds is 6. The van der Waals surface area contributed by atoms with Crippen LogP contribution in [0, 0.1) is 5.92 Å². The Labute approximate surface area is 115 Å². The smallest absolute Gasteiger partial charge is 0.220 e. The molecule has 1 aliphatic rings. The van der Waals surface area contributed by atoms with Gasteiger partial charge in [0.25, 0.3) is 0 Å². The van der Waals surface area contributed by atoms with E-state index >= 15 is 0 Å². The molecule has 1 fully saturated rings. The van der Waals surface area contributed by atoms with Gasteiger partial charge in [0.1, 0.15) is 0 Å². The van der Waals surface area contributed by atoms with Gasteiger partial charge in [-0.25, -0.2) is 0 Å². The van der Waals surface area contributed by atoms with Crippen molar-refractivity contribution in [3.63, 3.8) is 0 Å². The van der Waals surface area contributed by atoms with Crippen LogP contribution in [0.3, 0.4) is 0 Å². The summed E-state index contributed by atoms with van der Waals surface area (Å²) in [5.74, 6) is 0.718. The fourth-order valence-corrected chi connectivity index (χ4v) is 2.93. The van der Waals surface area contributed by atoms with Crippen LogP contribution in [0.5, 0.6) is 0 Å². The summed E-state index contributed by atoms with van der Waals surface area (Å²) in [6.07, 6.45) is 6.30. The molecule has 1 aliphatic carbocycles. The monoisotopic (exact) mass is 260 g/mol. The lowest BCUT2D eigenvalue weighted by Gasteiger charge is -2.25. The summed E-state index contributed by atoms with van der Waals surface area (Å²) >= 11 is 0. The first-order valence-corrected chi connectivity index (χ1v) is 7.35. The van der Waals surface area contributed by atoms with E-state index in [1.54, 1.807) is 0 Å². The molecule has 2 rings (SSSR count). The van der Waals surface area contributed by atoms with E-state index in [0.29, 0.717) is 18.9 Å². The van der Waals surface area contributed by atoms with Crippen LogP contribution in [0.1, 0.15) is 50.1 Å². The molecule has 0 spiro atoms. The standard InChI is InChI=1S/C16H24N2O/c17-12-6-11-15(19)18-16(14-9-4-5-10-14)13-7-2-1-3-8-13/h1-3,7-8,14,16H,4-6,9-12,17H2,(H,18,19). The second-order valence-corrected chi connectivity index (χ2v) is 5.39. The van der Waals surface area contributed by atoms with Gasteiger partial charge in [0, 0.05) is 6.42 Å². The molecule has 0 aliphatic heterocycles. The molecule has 19 heavy (non-hydrogen) atoms. The number of nitrogens with two attached hydrogens (primary N) is 1. The van der Waals surface area contributed by atoms with Crippen molar-refractivity contribution in [3.05, 3.63) is 35.9 Å². The molecule has 104 valence electrons. The average molecular weight is 260 g/mol. The summed E-state index contributed by atoms with van der Waals surface area (Å²) in [6, 6.07) is 10.5. The first-order valence-electron chi connectivity index (χ1n) is 7.35. The van der Waals surface area contributed by atoms with Crippen LogP contribution in [0.4, 0.5) is 0 Å². The second kappa shape index (κ2) is 7.29. The lowest BCUT2D eigenvalue weighted by Crippen LogP contribution is -2.32. The maximum absolute atomic E-state index is 12.0. The van der Waals surface area contributed by atoms with Gasteiger partial charge in [-0.3, -0.25) is 4.79 Å². The third kappa shape index (κ3) is 4.06. The summed E-state index contributed by atoms with van der Waals surface area (Å²) in [5, 5.41) is 3.22. The third-order valence-corrected chi connectivity index (χ3v) is 3.95. The molecule has 0 radical (unpaired) electrons. The number of hydrogen-bond acceptors (Lipinski definition) is 2. The van der Waals surface area contributed by atoms with Crippen molar-refractivity contribution in [2.75, 3.05) is 6.54 Å². The molecule has 1 unspecified atom stereocenters. The van der Waals surface area contributed by atoms with Gasteiger partial charge in [-0.2, -0.15) is 0 Å². The Morgan fingerprint density at radius 2 is 1.95 bits per heavy atom. The van der Waals surface area contributed by atoms with Crippen LogP contribution in [0.15, 0.2) is 30.3 Å². The zero-order valence-corrected chi connectivity index (χ0v) is 11.5. The topological polar surface area (TPSA) is 55.1 Å². The van der Waals surface area contributed by atoms with Crippen molar-refractivity contribution < 1.29 is 4.79 Å². The Bertz CT molecular complexity index is 385. The number of benzene rings is 1. The van der Waals surface area contributed by atoms with E-state index in [1.807, 2.05) is 18.2 Å². The van der Waals surface area contributed by atoms with Gasteiger partial charge in [-0.05, 0) is 37.3 Å². The highest BCUT2D eigenvalue weighted by atomic mass is 16.1. The Kier molecular flexibility index (Phi) is 5.40. The maximum atomic E-state index is 12.0. The van der Waals surface area contributed by atoms with Crippen LogP contribution in [0.2, 0.25) is 0 Å². The normalized spacial score (nSPS) is 17.3. The summed E-state index contributed by atoms with van der Waals surface area (Å²) in [7, 11) is 0. The second-order valence-electron chi connectivity index (χ2n) is 5.39. The molecule has 1 amide bonds. The van der Waals surface area contributed by atoms with E-state index in [0.717, 1.165) is 6.42 Å². The van der Waals surface area contributed by atoms with Gasteiger partial charge in [-0.1, -0.05) is 43.2 Å². The Balaban J connectivity index is 2.04. The quantitative estimate of drug-likeness (QED) is 0.826. The van der Waals surface area contributed by atoms with Crippen molar-refractivity contribution >= 4 is 5.91 Å². The van der Waals surface area contributed by atoms with E-state index in [4.69, 9.17) is 5.73 Å². The van der Waals surface area contributed by atoms with Crippen molar-refractivity contribution in [1.29, 1.82) is 0 Å². The van der Waals surface area contributed by atoms with Crippen LogP contribution >= 0.6 is 0 Å². The summed E-state index contributed by atoms with van der Waals surface area (Å²) < 4.78 is 0. The summed E-state index contributed by atoms with van der Waals surface area (Å²) in [4.78, 5) is 12.0. The average Bonchev–Trinajstić information content (AvgIpc) is 2.97. The molecule has 0 saturated heterocycles. The highest BCUT2D eigenvalue weighted by Crippen LogP contribution is 2.35. The van der Waals surface area contributed by atoms with E-state index in [9.17, 15) is 4.79 Å². The number of nitrogens with one attached hydrogen (secondary N) is 1. The maximum Gasteiger partial charge on any atom is 0.220 e. The molecule has 0 heterocycles. The molecule has 1 aromatic rings. The van der Waals surface area contributed by atoms with Gasteiger partial charge < -0.3 is 11.1 Å². The predicted octanol–water partition coefficient (Wildman–Crippen LogP) is 2.77.